The molecule has 0 radical (unpaired) electrons. The smallest absolute Gasteiger partial charge is 0.223 e. The van der Waals surface area contributed by atoms with Gasteiger partial charge in [-0.1, -0.05) is 30.3 Å². The van der Waals surface area contributed by atoms with Gasteiger partial charge < -0.3 is 20.0 Å². The second-order valence-corrected chi connectivity index (χ2v) is 9.40. The summed E-state index contributed by atoms with van der Waals surface area (Å²) in [5.41, 5.74) is 1.72. The Kier molecular flexibility index (Phi) is 7.01. The average molecular weight is 463 g/mol. The maximum absolute atomic E-state index is 12.7. The molecule has 0 atom stereocenters. The van der Waals surface area contributed by atoms with Crippen LogP contribution in [-0.2, 0) is 4.79 Å². The molecule has 0 saturated carbocycles. The number of rotatable bonds is 7. The van der Waals surface area contributed by atoms with Crippen molar-refractivity contribution in [2.24, 2.45) is 5.92 Å². The van der Waals surface area contributed by atoms with Crippen molar-refractivity contribution in [3.05, 3.63) is 42.5 Å². The lowest BCUT2D eigenvalue weighted by Crippen LogP contribution is -2.45. The lowest BCUT2D eigenvalue weighted by Gasteiger charge is -2.33. The second-order valence-electron chi connectivity index (χ2n) is 9.40. The summed E-state index contributed by atoms with van der Waals surface area (Å²) >= 11 is 0. The molecule has 2 aliphatic heterocycles. The highest BCUT2D eigenvalue weighted by molar-refractivity contribution is 5.79. The fourth-order valence-electron chi connectivity index (χ4n) is 4.82. The minimum absolute atomic E-state index is 0.0819. The largest absolute Gasteiger partial charge is 0.356 e. The van der Waals surface area contributed by atoms with Crippen LogP contribution in [0.5, 0.6) is 0 Å². The molecule has 9 nitrogen and oxygen atoms in total. The predicted molar refractivity (Wildman–Crippen MR) is 133 cm³/mol. The zero-order chi connectivity index (χ0) is 23.3. The fourth-order valence-corrected chi connectivity index (χ4v) is 4.82. The number of carbonyl (C=O) groups excluding carboxylic acids is 1. The van der Waals surface area contributed by atoms with Gasteiger partial charge in [-0.15, -0.1) is 15.3 Å². The van der Waals surface area contributed by atoms with Gasteiger partial charge in [-0.05, 0) is 45.0 Å². The van der Waals surface area contributed by atoms with E-state index >= 15 is 0 Å². The Hall–Kier alpha value is -3.04. The van der Waals surface area contributed by atoms with Gasteiger partial charge in [0.15, 0.2) is 11.5 Å². The number of carbonyl (C=O) groups is 1. The van der Waals surface area contributed by atoms with Gasteiger partial charge in [-0.2, -0.15) is 4.52 Å². The number of anilines is 1. The van der Waals surface area contributed by atoms with Gasteiger partial charge in [0, 0.05) is 57.3 Å². The summed E-state index contributed by atoms with van der Waals surface area (Å²) in [4.78, 5) is 19.8. The Morgan fingerprint density at radius 3 is 2.50 bits per heavy atom. The number of piperidine rings is 1. The highest BCUT2D eigenvalue weighted by Crippen LogP contribution is 2.24. The molecule has 5 rings (SSSR count). The van der Waals surface area contributed by atoms with Crippen LogP contribution in [-0.4, -0.2) is 94.9 Å². The van der Waals surface area contributed by atoms with Gasteiger partial charge in [-0.25, -0.2) is 0 Å². The zero-order valence-electron chi connectivity index (χ0n) is 19.9. The summed E-state index contributed by atoms with van der Waals surface area (Å²) < 4.78 is 1.81. The number of nitrogens with one attached hydrogen (secondary N) is 1. The molecule has 0 aliphatic carbocycles. The first-order valence-corrected chi connectivity index (χ1v) is 12.4. The number of hydrogen-bond acceptors (Lipinski definition) is 7. The van der Waals surface area contributed by atoms with Crippen molar-refractivity contribution in [2.45, 2.75) is 19.3 Å². The molecule has 34 heavy (non-hydrogen) atoms. The van der Waals surface area contributed by atoms with Gasteiger partial charge in [-0.3, -0.25) is 4.79 Å². The monoisotopic (exact) mass is 462 g/mol. The molecule has 9 heteroatoms. The predicted octanol–water partition coefficient (Wildman–Crippen LogP) is 1.76. The lowest BCUT2D eigenvalue weighted by atomic mass is 9.96. The Morgan fingerprint density at radius 1 is 0.971 bits per heavy atom. The van der Waals surface area contributed by atoms with E-state index in [0.29, 0.717) is 0 Å². The third-order valence-electron chi connectivity index (χ3n) is 7.02. The maximum atomic E-state index is 12.7. The third-order valence-corrected chi connectivity index (χ3v) is 7.02. The second kappa shape index (κ2) is 10.5. The van der Waals surface area contributed by atoms with Gasteiger partial charge in [0.05, 0.1) is 0 Å². The van der Waals surface area contributed by atoms with Crippen molar-refractivity contribution >= 4 is 17.4 Å². The van der Waals surface area contributed by atoms with Crippen molar-refractivity contribution in [1.29, 1.82) is 0 Å². The standard InChI is InChI=1S/C25H34N8O/c1-30-16-18-31(19-17-30)13-5-12-26-25(34)21-10-14-32(15-11-21)23-9-8-22-27-28-24(33(22)29-23)20-6-3-2-4-7-20/h2-4,6-9,21H,5,10-19H2,1H3,(H,26,34). The minimum Gasteiger partial charge on any atom is -0.356 e. The van der Waals surface area contributed by atoms with Crippen LogP contribution in [0, 0.1) is 5.92 Å². The van der Waals surface area contributed by atoms with Gasteiger partial charge in [0.1, 0.15) is 5.82 Å². The molecule has 3 aromatic rings. The summed E-state index contributed by atoms with van der Waals surface area (Å²) in [7, 11) is 2.17. The van der Waals surface area contributed by atoms with Crippen LogP contribution in [0.4, 0.5) is 5.82 Å². The number of piperazine rings is 1. The number of aromatic nitrogens is 4. The highest BCUT2D eigenvalue weighted by atomic mass is 16.1. The normalized spacial score (nSPS) is 18.4. The van der Waals surface area contributed by atoms with Crippen molar-refractivity contribution in [2.75, 3.05) is 64.3 Å². The molecule has 2 fully saturated rings. The quantitative estimate of drug-likeness (QED) is 0.536. The lowest BCUT2D eigenvalue weighted by molar-refractivity contribution is -0.125. The van der Waals surface area contributed by atoms with Crippen molar-refractivity contribution in [3.8, 4) is 11.4 Å². The zero-order valence-corrected chi connectivity index (χ0v) is 19.9. The first kappa shape index (κ1) is 22.7. The molecule has 0 spiro atoms. The Morgan fingerprint density at radius 2 is 1.74 bits per heavy atom. The summed E-state index contributed by atoms with van der Waals surface area (Å²) in [6.45, 7) is 8.00. The van der Waals surface area contributed by atoms with E-state index in [2.05, 4.69) is 37.3 Å². The molecule has 1 aromatic carbocycles. The molecule has 0 unspecified atom stereocenters. The molecule has 1 amide bonds. The number of nitrogens with zero attached hydrogens (tertiary/aromatic N) is 7. The van der Waals surface area contributed by atoms with Crippen LogP contribution < -0.4 is 10.2 Å². The minimum atomic E-state index is 0.0819. The first-order chi connectivity index (χ1) is 16.7. The third kappa shape index (κ3) is 5.20. The Bertz CT molecular complexity index is 1080. The van der Waals surface area contributed by atoms with E-state index in [-0.39, 0.29) is 11.8 Å². The molecule has 2 saturated heterocycles. The number of benzene rings is 1. The van der Waals surface area contributed by atoms with E-state index in [0.717, 1.165) is 94.5 Å². The number of fused-ring (bicyclic) bond motifs is 1. The fraction of sp³-hybridized carbons (Fsp3) is 0.520. The van der Waals surface area contributed by atoms with Crippen molar-refractivity contribution in [1.82, 2.24) is 34.9 Å². The number of amides is 1. The highest BCUT2D eigenvalue weighted by Gasteiger charge is 2.26. The van der Waals surface area contributed by atoms with Crippen LogP contribution in [0.1, 0.15) is 19.3 Å². The molecular weight excluding hydrogens is 428 g/mol. The topological polar surface area (TPSA) is 81.9 Å². The van der Waals surface area contributed by atoms with E-state index in [1.165, 1.54) is 0 Å². The van der Waals surface area contributed by atoms with E-state index < -0.39 is 0 Å². The molecule has 2 aliphatic rings. The summed E-state index contributed by atoms with van der Waals surface area (Å²) in [6.07, 6.45) is 2.70. The summed E-state index contributed by atoms with van der Waals surface area (Å²) in [5.74, 6) is 1.92. The Balaban J connectivity index is 1.11. The Labute approximate surface area is 200 Å². The van der Waals surface area contributed by atoms with Crippen LogP contribution in [0.15, 0.2) is 42.5 Å². The molecule has 180 valence electrons. The van der Waals surface area contributed by atoms with Gasteiger partial charge in [0.25, 0.3) is 0 Å². The van der Waals surface area contributed by atoms with E-state index in [1.54, 1.807) is 0 Å². The SMILES string of the molecule is CN1CCN(CCCNC(=O)C2CCN(c3ccc4nnc(-c5ccccc5)n4n3)CC2)CC1. The van der Waals surface area contributed by atoms with E-state index in [4.69, 9.17) is 5.10 Å². The van der Waals surface area contributed by atoms with Crippen molar-refractivity contribution in [3.63, 3.8) is 0 Å². The molecule has 4 heterocycles. The van der Waals surface area contributed by atoms with Gasteiger partial charge in [0.2, 0.25) is 5.91 Å². The van der Waals surface area contributed by atoms with Gasteiger partial charge >= 0.3 is 0 Å². The van der Waals surface area contributed by atoms with E-state index in [1.807, 2.05) is 47.0 Å². The van der Waals surface area contributed by atoms with Crippen LogP contribution in [0.2, 0.25) is 0 Å². The summed E-state index contributed by atoms with van der Waals surface area (Å²) in [5, 5.41) is 16.6. The van der Waals surface area contributed by atoms with Crippen LogP contribution in [0.25, 0.3) is 17.0 Å². The van der Waals surface area contributed by atoms with Crippen molar-refractivity contribution < 1.29 is 4.79 Å². The number of hydrogen-bond donors (Lipinski definition) is 1. The average Bonchev–Trinajstić information content (AvgIpc) is 3.31. The molecular formula is C25H34N8O. The molecule has 2 aromatic heterocycles. The maximum Gasteiger partial charge on any atom is 0.223 e. The van der Waals surface area contributed by atoms with Crippen LogP contribution >= 0.6 is 0 Å². The van der Waals surface area contributed by atoms with Crippen LogP contribution in [0.3, 0.4) is 0 Å². The summed E-state index contributed by atoms with van der Waals surface area (Å²) in [6, 6.07) is 13.9. The van der Waals surface area contributed by atoms with E-state index in [9.17, 15) is 4.79 Å². The molecule has 1 N–H and O–H groups in total. The molecule has 0 bridgehead atoms. The first-order valence-electron chi connectivity index (χ1n) is 12.4. The number of likely N-dealkylation sites (N-methyl/N-ethyl adjacent to an activating group) is 1.